The molecular formula is C13H12N4O. The van der Waals surface area contributed by atoms with Crippen LogP contribution in [0.2, 0.25) is 0 Å². The van der Waals surface area contributed by atoms with Gasteiger partial charge in [-0.1, -0.05) is 29.4 Å². The summed E-state index contributed by atoms with van der Waals surface area (Å²) in [6, 6.07) is 7.98. The number of hydrogen-bond donors (Lipinski definition) is 2. The van der Waals surface area contributed by atoms with Crippen molar-refractivity contribution in [3.8, 4) is 22.4 Å². The number of benzene rings is 1. The quantitative estimate of drug-likeness (QED) is 0.721. The van der Waals surface area contributed by atoms with Gasteiger partial charge >= 0.3 is 0 Å². The predicted molar refractivity (Wildman–Crippen MR) is 68.7 cm³/mol. The highest BCUT2D eigenvalue weighted by Crippen LogP contribution is 2.37. The lowest BCUT2D eigenvalue weighted by molar-refractivity contribution is 0.439. The summed E-state index contributed by atoms with van der Waals surface area (Å²) in [7, 11) is 0. The maximum Gasteiger partial charge on any atom is 0.230 e. The smallest absolute Gasteiger partial charge is 0.230 e. The topological polar surface area (TPSA) is 80.7 Å². The lowest BCUT2D eigenvalue weighted by Crippen LogP contribution is -1.89. The molecule has 0 aliphatic carbocycles. The molecule has 3 N–H and O–H groups in total. The van der Waals surface area contributed by atoms with Crippen LogP contribution < -0.4 is 5.73 Å². The van der Waals surface area contributed by atoms with Crippen molar-refractivity contribution in [3.63, 3.8) is 0 Å². The standard InChI is InChI=1S/C13H12N4O/c1-8-4-2-3-5-10(8)11-12(17-18-13(11)14)9-6-15-16-7-9/h2-7H,14H2,1H3,(H,15,16). The molecule has 2 aromatic heterocycles. The Labute approximate surface area is 104 Å². The molecule has 0 saturated heterocycles. The second-order valence-corrected chi connectivity index (χ2v) is 4.07. The molecule has 3 aromatic rings. The number of H-pyrrole nitrogens is 1. The summed E-state index contributed by atoms with van der Waals surface area (Å²) in [6.07, 6.45) is 3.46. The monoisotopic (exact) mass is 240 g/mol. The highest BCUT2D eigenvalue weighted by atomic mass is 16.5. The summed E-state index contributed by atoms with van der Waals surface area (Å²) < 4.78 is 5.11. The molecule has 18 heavy (non-hydrogen) atoms. The van der Waals surface area contributed by atoms with Crippen molar-refractivity contribution in [1.82, 2.24) is 15.4 Å². The maximum absolute atomic E-state index is 5.89. The number of nitrogen functional groups attached to an aromatic ring is 1. The molecule has 5 nitrogen and oxygen atoms in total. The van der Waals surface area contributed by atoms with Crippen molar-refractivity contribution in [2.45, 2.75) is 6.92 Å². The van der Waals surface area contributed by atoms with Crippen LogP contribution in [-0.2, 0) is 0 Å². The van der Waals surface area contributed by atoms with E-state index in [-0.39, 0.29) is 0 Å². The molecule has 0 fully saturated rings. The number of rotatable bonds is 2. The lowest BCUT2D eigenvalue weighted by atomic mass is 9.98. The van der Waals surface area contributed by atoms with Crippen LogP contribution in [0.5, 0.6) is 0 Å². The van der Waals surface area contributed by atoms with E-state index in [1.807, 2.05) is 31.2 Å². The van der Waals surface area contributed by atoms with E-state index in [1.165, 1.54) is 0 Å². The number of aromatic nitrogens is 3. The lowest BCUT2D eigenvalue weighted by Gasteiger charge is -2.04. The SMILES string of the molecule is Cc1ccccc1-c1c(-c2cn[nH]c2)noc1N. The minimum Gasteiger partial charge on any atom is -0.367 e. The third-order valence-electron chi connectivity index (χ3n) is 2.90. The Morgan fingerprint density at radius 1 is 1.28 bits per heavy atom. The zero-order valence-corrected chi connectivity index (χ0v) is 9.84. The van der Waals surface area contributed by atoms with Crippen molar-refractivity contribution in [1.29, 1.82) is 0 Å². The van der Waals surface area contributed by atoms with Gasteiger partial charge in [-0.2, -0.15) is 5.10 Å². The van der Waals surface area contributed by atoms with Crippen molar-refractivity contribution < 1.29 is 4.52 Å². The van der Waals surface area contributed by atoms with Crippen LogP contribution in [0, 0.1) is 6.92 Å². The van der Waals surface area contributed by atoms with Gasteiger partial charge in [0.15, 0.2) is 0 Å². The molecular weight excluding hydrogens is 228 g/mol. The van der Waals surface area contributed by atoms with E-state index < -0.39 is 0 Å². The summed E-state index contributed by atoms with van der Waals surface area (Å²) in [5, 5.41) is 10.7. The van der Waals surface area contributed by atoms with E-state index in [4.69, 9.17) is 10.3 Å². The van der Waals surface area contributed by atoms with E-state index in [2.05, 4.69) is 15.4 Å². The van der Waals surface area contributed by atoms with Gasteiger partial charge in [0.25, 0.3) is 0 Å². The van der Waals surface area contributed by atoms with Gasteiger partial charge in [-0.05, 0) is 18.1 Å². The molecule has 0 saturated carbocycles. The molecule has 5 heteroatoms. The fourth-order valence-electron chi connectivity index (χ4n) is 1.99. The maximum atomic E-state index is 5.89. The molecule has 0 radical (unpaired) electrons. The molecule has 2 heterocycles. The van der Waals surface area contributed by atoms with Gasteiger partial charge in [-0.15, -0.1) is 0 Å². The first-order chi connectivity index (χ1) is 8.77. The summed E-state index contributed by atoms with van der Waals surface area (Å²) in [5.74, 6) is 0.320. The Balaban J connectivity index is 2.24. The zero-order chi connectivity index (χ0) is 12.5. The van der Waals surface area contributed by atoms with E-state index in [9.17, 15) is 0 Å². The number of aryl methyl sites for hydroxylation is 1. The second kappa shape index (κ2) is 4.03. The van der Waals surface area contributed by atoms with Crippen LogP contribution in [-0.4, -0.2) is 15.4 Å². The Bertz CT molecular complexity index is 670. The average molecular weight is 240 g/mol. The number of anilines is 1. The van der Waals surface area contributed by atoms with Gasteiger partial charge in [-0.3, -0.25) is 5.10 Å². The number of nitrogens with two attached hydrogens (primary N) is 1. The van der Waals surface area contributed by atoms with Gasteiger partial charge in [0.1, 0.15) is 5.69 Å². The molecule has 1 aromatic carbocycles. The van der Waals surface area contributed by atoms with E-state index in [0.29, 0.717) is 11.6 Å². The summed E-state index contributed by atoms with van der Waals surface area (Å²) >= 11 is 0. The molecule has 0 bridgehead atoms. The summed E-state index contributed by atoms with van der Waals surface area (Å²) in [5.41, 5.74) is 10.4. The van der Waals surface area contributed by atoms with Crippen molar-refractivity contribution >= 4 is 5.88 Å². The average Bonchev–Trinajstić information content (AvgIpc) is 2.99. The first-order valence-corrected chi connectivity index (χ1v) is 5.57. The Kier molecular flexibility index (Phi) is 2.37. The molecule has 0 atom stereocenters. The number of aromatic amines is 1. The van der Waals surface area contributed by atoms with Gasteiger partial charge < -0.3 is 10.3 Å². The molecule has 0 spiro atoms. The van der Waals surface area contributed by atoms with E-state index >= 15 is 0 Å². The predicted octanol–water partition coefficient (Wildman–Crippen LogP) is 2.62. The largest absolute Gasteiger partial charge is 0.367 e. The summed E-state index contributed by atoms with van der Waals surface area (Å²) in [6.45, 7) is 2.03. The zero-order valence-electron chi connectivity index (χ0n) is 9.84. The second-order valence-electron chi connectivity index (χ2n) is 4.07. The molecule has 0 unspecified atom stereocenters. The minimum absolute atomic E-state index is 0.320. The highest BCUT2D eigenvalue weighted by Gasteiger charge is 2.19. The fourth-order valence-corrected chi connectivity index (χ4v) is 1.99. The van der Waals surface area contributed by atoms with E-state index in [0.717, 1.165) is 22.3 Å². The Hall–Kier alpha value is -2.56. The minimum atomic E-state index is 0.320. The summed E-state index contributed by atoms with van der Waals surface area (Å²) in [4.78, 5) is 0. The highest BCUT2D eigenvalue weighted by molar-refractivity contribution is 5.87. The van der Waals surface area contributed by atoms with Crippen LogP contribution in [0.3, 0.4) is 0 Å². The van der Waals surface area contributed by atoms with Crippen LogP contribution in [0.4, 0.5) is 5.88 Å². The molecule has 90 valence electrons. The molecule has 0 aliphatic heterocycles. The van der Waals surface area contributed by atoms with Crippen molar-refractivity contribution in [2.75, 3.05) is 5.73 Å². The van der Waals surface area contributed by atoms with Crippen LogP contribution >= 0.6 is 0 Å². The Morgan fingerprint density at radius 2 is 2.11 bits per heavy atom. The third-order valence-corrected chi connectivity index (χ3v) is 2.90. The van der Waals surface area contributed by atoms with Gasteiger partial charge in [0.05, 0.1) is 11.8 Å². The van der Waals surface area contributed by atoms with Crippen molar-refractivity contribution in [3.05, 3.63) is 42.2 Å². The van der Waals surface area contributed by atoms with E-state index in [1.54, 1.807) is 12.4 Å². The molecule has 0 amide bonds. The normalized spacial score (nSPS) is 10.7. The van der Waals surface area contributed by atoms with Crippen molar-refractivity contribution in [2.24, 2.45) is 0 Å². The fraction of sp³-hybridized carbons (Fsp3) is 0.0769. The van der Waals surface area contributed by atoms with Crippen LogP contribution in [0.15, 0.2) is 41.2 Å². The Morgan fingerprint density at radius 3 is 2.83 bits per heavy atom. The molecule has 3 rings (SSSR count). The number of hydrogen-bond acceptors (Lipinski definition) is 4. The van der Waals surface area contributed by atoms with Crippen LogP contribution in [0.1, 0.15) is 5.56 Å². The first-order valence-electron chi connectivity index (χ1n) is 5.57. The van der Waals surface area contributed by atoms with Crippen LogP contribution in [0.25, 0.3) is 22.4 Å². The number of nitrogens with zero attached hydrogens (tertiary/aromatic N) is 2. The first kappa shape index (κ1) is 10.6. The van der Waals surface area contributed by atoms with Gasteiger partial charge in [-0.25, -0.2) is 0 Å². The molecule has 0 aliphatic rings. The third kappa shape index (κ3) is 1.57. The van der Waals surface area contributed by atoms with Gasteiger partial charge in [0, 0.05) is 11.8 Å². The number of nitrogens with one attached hydrogen (secondary N) is 1. The van der Waals surface area contributed by atoms with Gasteiger partial charge in [0.2, 0.25) is 5.88 Å².